The van der Waals surface area contributed by atoms with Gasteiger partial charge in [0, 0.05) is 19.1 Å². The Kier molecular flexibility index (Phi) is 3.99. The largest absolute Gasteiger partial charge is 0.480 e. The fourth-order valence-electron chi connectivity index (χ4n) is 2.82. The van der Waals surface area contributed by atoms with Crippen LogP contribution in [0, 0.1) is 11.8 Å². The second-order valence-corrected chi connectivity index (χ2v) is 6.02. The zero-order chi connectivity index (χ0) is 14.2. The van der Waals surface area contributed by atoms with Crippen molar-refractivity contribution in [3.05, 3.63) is 0 Å². The molecule has 2 rings (SSSR count). The quantitative estimate of drug-likeness (QED) is 0.777. The number of rotatable bonds is 4. The summed E-state index contributed by atoms with van der Waals surface area (Å²) in [5.41, 5.74) is 0. The van der Waals surface area contributed by atoms with E-state index in [0.717, 1.165) is 12.8 Å². The number of likely N-dealkylation sites (tertiary alicyclic amines) is 1. The van der Waals surface area contributed by atoms with Gasteiger partial charge in [-0.2, -0.15) is 0 Å². The lowest BCUT2D eigenvalue weighted by atomic mass is 10.1. The molecular weight excluding hydrogens is 246 g/mol. The molecule has 1 saturated heterocycles. The van der Waals surface area contributed by atoms with Gasteiger partial charge < -0.3 is 20.2 Å². The third kappa shape index (κ3) is 3.18. The third-order valence-corrected chi connectivity index (χ3v) is 4.16. The van der Waals surface area contributed by atoms with Crippen LogP contribution in [0.15, 0.2) is 0 Å². The minimum atomic E-state index is -0.924. The Balaban J connectivity index is 1.91. The van der Waals surface area contributed by atoms with E-state index in [2.05, 4.69) is 17.1 Å². The molecule has 0 aromatic carbocycles. The van der Waals surface area contributed by atoms with Crippen molar-refractivity contribution < 1.29 is 14.7 Å². The zero-order valence-electron chi connectivity index (χ0n) is 11.8. The van der Waals surface area contributed by atoms with Crippen LogP contribution in [0.2, 0.25) is 0 Å². The number of hydrogen-bond donors (Lipinski definition) is 2. The second-order valence-electron chi connectivity index (χ2n) is 6.02. The van der Waals surface area contributed by atoms with E-state index in [1.54, 1.807) is 4.90 Å². The van der Waals surface area contributed by atoms with Crippen molar-refractivity contribution in [2.24, 2.45) is 11.8 Å². The average molecular weight is 269 g/mol. The maximum Gasteiger partial charge on any atom is 0.326 e. The van der Waals surface area contributed by atoms with Gasteiger partial charge in [-0.05, 0) is 38.8 Å². The molecule has 2 fully saturated rings. The molecular formula is C13H23N3O3. The van der Waals surface area contributed by atoms with Crippen LogP contribution in [-0.4, -0.2) is 66.2 Å². The van der Waals surface area contributed by atoms with Crippen LogP contribution in [0.5, 0.6) is 0 Å². The number of hydrogen-bond acceptors (Lipinski definition) is 3. The minimum Gasteiger partial charge on any atom is -0.480 e. The van der Waals surface area contributed by atoms with Gasteiger partial charge in [0.2, 0.25) is 0 Å². The summed E-state index contributed by atoms with van der Waals surface area (Å²) in [4.78, 5) is 27.1. The number of amides is 2. The molecule has 19 heavy (non-hydrogen) atoms. The van der Waals surface area contributed by atoms with E-state index < -0.39 is 12.0 Å². The van der Waals surface area contributed by atoms with Crippen molar-refractivity contribution >= 4 is 12.0 Å². The Bertz CT molecular complexity index is 368. The molecule has 0 spiro atoms. The van der Waals surface area contributed by atoms with Gasteiger partial charge in [0.05, 0.1) is 0 Å². The first-order chi connectivity index (χ1) is 8.90. The number of carbonyl (C=O) groups excluding carboxylic acids is 1. The van der Waals surface area contributed by atoms with Crippen molar-refractivity contribution in [3.63, 3.8) is 0 Å². The smallest absolute Gasteiger partial charge is 0.326 e. The number of aliphatic carboxylic acids is 1. The van der Waals surface area contributed by atoms with Gasteiger partial charge in [-0.15, -0.1) is 0 Å². The Morgan fingerprint density at radius 3 is 2.37 bits per heavy atom. The first kappa shape index (κ1) is 14.1. The van der Waals surface area contributed by atoms with Crippen LogP contribution >= 0.6 is 0 Å². The van der Waals surface area contributed by atoms with E-state index in [-0.39, 0.29) is 11.9 Å². The Morgan fingerprint density at radius 2 is 1.95 bits per heavy atom. The first-order valence-electron chi connectivity index (χ1n) is 6.84. The van der Waals surface area contributed by atoms with Gasteiger partial charge in [-0.1, -0.05) is 6.92 Å². The summed E-state index contributed by atoms with van der Waals surface area (Å²) >= 11 is 0. The molecule has 2 aliphatic rings. The average Bonchev–Trinajstić information content (AvgIpc) is 3.07. The highest BCUT2D eigenvalue weighted by atomic mass is 16.4. The SMILES string of the molecule is CC1CN(C(=O)NC(C(=O)O)C2CC2)CC1N(C)C. The second kappa shape index (κ2) is 5.36. The van der Waals surface area contributed by atoms with Crippen LogP contribution in [0.3, 0.4) is 0 Å². The van der Waals surface area contributed by atoms with Crippen molar-refractivity contribution in [1.82, 2.24) is 15.1 Å². The van der Waals surface area contributed by atoms with Crippen LogP contribution in [-0.2, 0) is 4.79 Å². The molecule has 6 nitrogen and oxygen atoms in total. The molecule has 1 aliphatic carbocycles. The summed E-state index contributed by atoms with van der Waals surface area (Å²) in [6.07, 6.45) is 1.79. The van der Waals surface area contributed by atoms with E-state index in [1.807, 2.05) is 14.1 Å². The number of carboxylic acids is 1. The van der Waals surface area contributed by atoms with Gasteiger partial charge in [-0.25, -0.2) is 9.59 Å². The molecule has 3 unspecified atom stereocenters. The molecule has 0 aromatic rings. The monoisotopic (exact) mass is 269 g/mol. The Labute approximate surface area is 113 Å². The highest BCUT2D eigenvalue weighted by molar-refractivity contribution is 5.83. The van der Waals surface area contributed by atoms with Gasteiger partial charge in [0.1, 0.15) is 6.04 Å². The zero-order valence-corrected chi connectivity index (χ0v) is 11.8. The molecule has 0 bridgehead atoms. The van der Waals surface area contributed by atoms with Crippen molar-refractivity contribution in [3.8, 4) is 0 Å². The number of carboxylic acid groups (broad SMARTS) is 1. The molecule has 3 atom stereocenters. The molecule has 0 aromatic heterocycles. The molecule has 108 valence electrons. The summed E-state index contributed by atoms with van der Waals surface area (Å²) in [7, 11) is 4.01. The highest BCUT2D eigenvalue weighted by Crippen LogP contribution is 2.33. The summed E-state index contributed by atoms with van der Waals surface area (Å²) in [5.74, 6) is -0.400. The van der Waals surface area contributed by atoms with Crippen LogP contribution in [0.4, 0.5) is 4.79 Å². The van der Waals surface area contributed by atoms with Gasteiger partial charge in [-0.3, -0.25) is 0 Å². The van der Waals surface area contributed by atoms with E-state index in [9.17, 15) is 9.59 Å². The first-order valence-corrected chi connectivity index (χ1v) is 6.84. The van der Waals surface area contributed by atoms with Crippen LogP contribution in [0.1, 0.15) is 19.8 Å². The van der Waals surface area contributed by atoms with Gasteiger partial charge >= 0.3 is 12.0 Å². The molecule has 1 saturated carbocycles. The van der Waals surface area contributed by atoms with E-state index in [1.165, 1.54) is 0 Å². The maximum atomic E-state index is 12.1. The molecule has 1 heterocycles. The normalized spacial score (nSPS) is 28.5. The Hall–Kier alpha value is -1.30. The van der Waals surface area contributed by atoms with Crippen molar-refractivity contribution in [2.75, 3.05) is 27.2 Å². The van der Waals surface area contributed by atoms with Crippen molar-refractivity contribution in [1.29, 1.82) is 0 Å². The predicted octanol–water partition coefficient (Wildman–Crippen LogP) is 0.441. The summed E-state index contributed by atoms with van der Waals surface area (Å²) in [6, 6.07) is -0.619. The van der Waals surface area contributed by atoms with E-state index in [0.29, 0.717) is 25.0 Å². The lowest BCUT2D eigenvalue weighted by Crippen LogP contribution is -2.48. The van der Waals surface area contributed by atoms with E-state index in [4.69, 9.17) is 5.11 Å². The molecule has 2 amide bonds. The number of nitrogens with zero attached hydrogens (tertiary/aromatic N) is 2. The topological polar surface area (TPSA) is 72.9 Å². The fourth-order valence-corrected chi connectivity index (χ4v) is 2.82. The number of likely N-dealkylation sites (N-methyl/N-ethyl adjacent to an activating group) is 1. The van der Waals surface area contributed by atoms with Crippen molar-refractivity contribution in [2.45, 2.75) is 31.8 Å². The van der Waals surface area contributed by atoms with Gasteiger partial charge in [0.25, 0.3) is 0 Å². The summed E-state index contributed by atoms with van der Waals surface area (Å²) < 4.78 is 0. The van der Waals surface area contributed by atoms with Crippen LogP contribution < -0.4 is 5.32 Å². The lowest BCUT2D eigenvalue weighted by molar-refractivity contribution is -0.139. The molecule has 2 N–H and O–H groups in total. The Morgan fingerprint density at radius 1 is 1.32 bits per heavy atom. The maximum absolute atomic E-state index is 12.1. The minimum absolute atomic E-state index is 0.117. The number of carbonyl (C=O) groups is 2. The lowest BCUT2D eigenvalue weighted by Gasteiger charge is -2.23. The summed E-state index contributed by atoms with van der Waals surface area (Å²) in [5, 5.41) is 11.8. The third-order valence-electron chi connectivity index (χ3n) is 4.16. The standard InChI is InChI=1S/C13H23N3O3/c1-8-6-16(7-10(8)15(2)3)13(19)14-11(12(17)18)9-4-5-9/h8-11H,4-7H2,1-3H3,(H,14,19)(H,17,18). The van der Waals surface area contributed by atoms with Gasteiger partial charge in [0.15, 0.2) is 0 Å². The number of urea groups is 1. The van der Waals surface area contributed by atoms with Crippen LogP contribution in [0.25, 0.3) is 0 Å². The van der Waals surface area contributed by atoms with E-state index >= 15 is 0 Å². The molecule has 0 radical (unpaired) electrons. The number of nitrogens with one attached hydrogen (secondary N) is 1. The molecule has 1 aliphatic heterocycles. The summed E-state index contributed by atoms with van der Waals surface area (Å²) in [6.45, 7) is 3.47. The predicted molar refractivity (Wildman–Crippen MR) is 70.9 cm³/mol. The highest BCUT2D eigenvalue weighted by Gasteiger charge is 2.40. The fraction of sp³-hybridized carbons (Fsp3) is 0.846. The molecule has 6 heteroatoms.